The summed E-state index contributed by atoms with van der Waals surface area (Å²) in [5, 5.41) is -2.23. The van der Waals surface area contributed by atoms with Gasteiger partial charge in [-0.05, 0) is 12.1 Å². The Bertz CT molecular complexity index is 748. The average molecular weight is 430 g/mol. The summed E-state index contributed by atoms with van der Waals surface area (Å²) < 4.78 is 155. The summed E-state index contributed by atoms with van der Waals surface area (Å²) in [7, 11) is 0. The minimum atomic E-state index is -6.05. The topological polar surface area (TPSA) is 6.48 Å². The molecule has 0 saturated carbocycles. The van der Waals surface area contributed by atoms with Crippen LogP contribution in [0.5, 0.6) is 0 Å². The van der Waals surface area contributed by atoms with Crippen molar-refractivity contribution in [3.63, 3.8) is 0 Å². The van der Waals surface area contributed by atoms with Gasteiger partial charge in [-0.1, -0.05) is 24.3 Å². The third kappa shape index (κ3) is 4.14. The van der Waals surface area contributed by atoms with Gasteiger partial charge in [0.15, 0.2) is 0 Å². The van der Waals surface area contributed by atoms with Gasteiger partial charge >= 0.3 is 25.2 Å². The Kier molecular flexibility index (Phi) is 5.06. The van der Waals surface area contributed by atoms with E-state index in [1.165, 1.54) is 0 Å². The van der Waals surface area contributed by atoms with Crippen molar-refractivity contribution in [2.45, 2.75) is 25.2 Å². The minimum Gasteiger partial charge on any atom is -0.193 e. The van der Waals surface area contributed by atoms with Crippen molar-refractivity contribution in [2.24, 2.45) is 0 Å². The third-order valence-corrected chi connectivity index (χ3v) is 3.37. The zero-order valence-corrected chi connectivity index (χ0v) is 12.9. The van der Waals surface area contributed by atoms with E-state index in [2.05, 4.69) is 0 Å². The van der Waals surface area contributed by atoms with Gasteiger partial charge in [-0.2, -0.15) is 9.80 Å². The van der Waals surface area contributed by atoms with E-state index in [9.17, 15) is 52.7 Å². The number of nitrogens with zero attached hydrogens (tertiary/aromatic N) is 2. The molecule has 0 heterocycles. The fourth-order valence-electron chi connectivity index (χ4n) is 2.49. The second kappa shape index (κ2) is 6.51. The van der Waals surface area contributed by atoms with Gasteiger partial charge in [0.25, 0.3) is 0 Å². The molecule has 2 aromatic carbocycles. The molecule has 0 radical (unpaired) electrons. The lowest BCUT2D eigenvalue weighted by molar-refractivity contribution is -0.228. The molecule has 0 unspecified atom stereocenters. The van der Waals surface area contributed by atoms with Crippen LogP contribution in [0.2, 0.25) is 0 Å². The number of fused-ring (bicyclic) bond motifs is 1. The molecule has 2 rings (SSSR count). The number of hydrogen-bond donors (Lipinski definition) is 0. The van der Waals surface area contributed by atoms with Crippen molar-refractivity contribution in [2.75, 3.05) is 9.80 Å². The standard InChI is InChI=1S/C14H6F12N2/c15-11(16,17)27(12(18,19)20)9-5-6-10(8-4-2-1-3-7(8)9)28(13(21,22)23)14(24,25)26/h1-6H. The lowest BCUT2D eigenvalue weighted by atomic mass is 10.1. The van der Waals surface area contributed by atoms with Crippen LogP contribution in [-0.4, -0.2) is 25.2 Å². The summed E-state index contributed by atoms with van der Waals surface area (Å²) in [6.07, 6.45) is -24.2. The second-order valence-electron chi connectivity index (χ2n) is 5.19. The van der Waals surface area contributed by atoms with Gasteiger partial charge in [0.2, 0.25) is 0 Å². The first-order valence-corrected chi connectivity index (χ1v) is 6.85. The number of rotatable bonds is 2. The number of alkyl halides is 12. The maximum atomic E-state index is 12.9. The van der Waals surface area contributed by atoms with Gasteiger partial charge in [-0.25, -0.2) is 0 Å². The Labute approximate surface area is 147 Å². The van der Waals surface area contributed by atoms with Crippen LogP contribution in [0.15, 0.2) is 36.4 Å². The van der Waals surface area contributed by atoms with Gasteiger partial charge in [-0.3, -0.25) is 0 Å². The maximum Gasteiger partial charge on any atom is 0.491 e. The lowest BCUT2D eigenvalue weighted by Gasteiger charge is -2.32. The van der Waals surface area contributed by atoms with Gasteiger partial charge < -0.3 is 0 Å². The summed E-state index contributed by atoms with van der Waals surface area (Å²) in [5.41, 5.74) is -3.35. The van der Waals surface area contributed by atoms with Crippen LogP contribution >= 0.6 is 0 Å². The first kappa shape index (κ1) is 21.8. The monoisotopic (exact) mass is 430 g/mol. The molecule has 2 nitrogen and oxygen atoms in total. The summed E-state index contributed by atoms with van der Waals surface area (Å²) in [5.74, 6) is 0. The lowest BCUT2D eigenvalue weighted by Crippen LogP contribution is -2.49. The van der Waals surface area contributed by atoms with Crippen LogP contribution < -0.4 is 9.80 Å². The molecule has 0 bridgehead atoms. The molecule has 0 fully saturated rings. The Morgan fingerprint density at radius 2 is 0.679 bits per heavy atom. The van der Waals surface area contributed by atoms with E-state index >= 15 is 0 Å². The minimum absolute atomic E-state index is 0.108. The highest BCUT2D eigenvalue weighted by Crippen LogP contribution is 2.47. The van der Waals surface area contributed by atoms with Crippen LogP contribution in [0, 0.1) is 0 Å². The molecule has 2 aromatic rings. The van der Waals surface area contributed by atoms with Crippen molar-refractivity contribution in [3.8, 4) is 0 Å². The number of halogens is 12. The van der Waals surface area contributed by atoms with E-state index < -0.39 is 57.1 Å². The molecule has 0 aromatic heterocycles. The number of benzene rings is 2. The van der Waals surface area contributed by atoms with E-state index in [1.54, 1.807) is 0 Å². The zero-order chi connectivity index (χ0) is 21.7. The van der Waals surface area contributed by atoms with Crippen molar-refractivity contribution in [1.82, 2.24) is 0 Å². The molecular formula is C14H6F12N2. The van der Waals surface area contributed by atoms with E-state index in [1.807, 2.05) is 0 Å². The summed E-state index contributed by atoms with van der Waals surface area (Å²) >= 11 is 0. The molecule has 0 aliphatic rings. The third-order valence-electron chi connectivity index (χ3n) is 3.37. The van der Waals surface area contributed by atoms with Crippen LogP contribution in [0.1, 0.15) is 0 Å². The van der Waals surface area contributed by atoms with Gasteiger partial charge in [0.1, 0.15) is 0 Å². The molecule has 0 aliphatic carbocycles. The summed E-state index contributed by atoms with van der Waals surface area (Å²) in [6, 6.07) is 2.61. The molecule has 156 valence electrons. The first-order chi connectivity index (χ1) is 12.5. The van der Waals surface area contributed by atoms with E-state index in [0.29, 0.717) is 12.1 Å². The molecule has 0 saturated heterocycles. The number of hydrogen-bond acceptors (Lipinski definition) is 2. The molecule has 0 N–H and O–H groups in total. The van der Waals surface area contributed by atoms with E-state index in [0.717, 1.165) is 12.1 Å². The Morgan fingerprint density at radius 1 is 0.429 bits per heavy atom. The first-order valence-electron chi connectivity index (χ1n) is 6.85. The SMILES string of the molecule is FC(F)(F)N(c1ccc(N(C(F)(F)F)C(F)(F)F)c2ccccc12)C(F)(F)F. The number of anilines is 2. The Hall–Kier alpha value is -2.54. The predicted octanol–water partition coefficient (Wildman–Crippen LogP) is 6.53. The maximum absolute atomic E-state index is 12.9. The van der Waals surface area contributed by atoms with Crippen molar-refractivity contribution in [3.05, 3.63) is 36.4 Å². The summed E-state index contributed by atoms with van der Waals surface area (Å²) in [4.78, 5) is -4.00. The van der Waals surface area contributed by atoms with Crippen LogP contribution in [0.3, 0.4) is 0 Å². The van der Waals surface area contributed by atoms with Crippen LogP contribution in [0.4, 0.5) is 64.1 Å². The highest BCUT2D eigenvalue weighted by atomic mass is 19.4. The van der Waals surface area contributed by atoms with Gasteiger partial charge in [-0.15, -0.1) is 52.7 Å². The summed E-state index contributed by atoms with van der Waals surface area (Å²) in [6.45, 7) is 0. The quantitative estimate of drug-likeness (QED) is 0.395. The van der Waals surface area contributed by atoms with Crippen LogP contribution in [-0.2, 0) is 0 Å². The van der Waals surface area contributed by atoms with E-state index in [4.69, 9.17) is 0 Å². The smallest absolute Gasteiger partial charge is 0.193 e. The van der Waals surface area contributed by atoms with Crippen molar-refractivity contribution >= 4 is 22.1 Å². The highest BCUT2D eigenvalue weighted by Gasteiger charge is 2.56. The predicted molar refractivity (Wildman–Crippen MR) is 73.1 cm³/mol. The fraction of sp³-hybridized carbons (Fsp3) is 0.286. The molecule has 28 heavy (non-hydrogen) atoms. The molecule has 0 amide bonds. The van der Waals surface area contributed by atoms with Crippen LogP contribution in [0.25, 0.3) is 10.8 Å². The van der Waals surface area contributed by atoms with Crippen molar-refractivity contribution < 1.29 is 52.7 Å². The molecule has 14 heteroatoms. The zero-order valence-electron chi connectivity index (χ0n) is 12.9. The Morgan fingerprint density at radius 3 is 0.893 bits per heavy atom. The second-order valence-corrected chi connectivity index (χ2v) is 5.19. The highest BCUT2D eigenvalue weighted by molar-refractivity contribution is 6.02. The normalized spacial score (nSPS) is 13.7. The van der Waals surface area contributed by atoms with Gasteiger partial charge in [0.05, 0.1) is 11.4 Å². The molecule has 0 aliphatic heterocycles. The largest absolute Gasteiger partial charge is 0.491 e. The van der Waals surface area contributed by atoms with Crippen molar-refractivity contribution in [1.29, 1.82) is 0 Å². The Balaban J connectivity index is 2.86. The molecule has 0 spiro atoms. The van der Waals surface area contributed by atoms with E-state index in [-0.39, 0.29) is 12.1 Å². The average Bonchev–Trinajstić information content (AvgIpc) is 2.44. The molecule has 0 atom stereocenters. The molecular weight excluding hydrogens is 424 g/mol. The fourth-order valence-corrected chi connectivity index (χ4v) is 2.49. The van der Waals surface area contributed by atoms with Gasteiger partial charge in [0, 0.05) is 10.8 Å².